The molecular formula is C18H15ClN2O3S. The van der Waals surface area contributed by atoms with E-state index in [1.165, 1.54) is 23.5 Å². The van der Waals surface area contributed by atoms with Crippen molar-refractivity contribution in [2.75, 3.05) is 11.9 Å². The highest BCUT2D eigenvalue weighted by Gasteiger charge is 2.22. The molecule has 1 aliphatic rings. The van der Waals surface area contributed by atoms with E-state index in [1.54, 1.807) is 12.1 Å². The van der Waals surface area contributed by atoms with Gasteiger partial charge in [-0.25, -0.2) is 4.79 Å². The van der Waals surface area contributed by atoms with Crippen LogP contribution in [0.2, 0.25) is 5.02 Å². The minimum atomic E-state index is -0.599. The highest BCUT2D eigenvalue weighted by molar-refractivity contribution is 7.16. The van der Waals surface area contributed by atoms with Crippen LogP contribution < -0.4 is 5.32 Å². The second-order valence-corrected chi connectivity index (χ2v) is 7.20. The van der Waals surface area contributed by atoms with Gasteiger partial charge in [0.15, 0.2) is 6.61 Å². The molecule has 0 radical (unpaired) electrons. The van der Waals surface area contributed by atoms with Gasteiger partial charge in [0, 0.05) is 9.90 Å². The summed E-state index contributed by atoms with van der Waals surface area (Å²) in [5.74, 6) is -1.06. The SMILES string of the molecule is N#Cc1c(NC(=O)COC(=O)c2ccc(Cl)cc2)sc2c1CCCC2. The molecule has 1 amide bonds. The first-order valence-electron chi connectivity index (χ1n) is 7.85. The van der Waals surface area contributed by atoms with Gasteiger partial charge in [-0.2, -0.15) is 5.26 Å². The van der Waals surface area contributed by atoms with E-state index in [1.807, 2.05) is 0 Å². The predicted molar refractivity (Wildman–Crippen MR) is 96.0 cm³/mol. The molecule has 128 valence electrons. The first-order valence-corrected chi connectivity index (χ1v) is 9.05. The lowest BCUT2D eigenvalue weighted by atomic mass is 9.96. The number of nitriles is 1. The highest BCUT2D eigenvalue weighted by Crippen LogP contribution is 2.37. The van der Waals surface area contributed by atoms with Gasteiger partial charge < -0.3 is 10.1 Å². The number of hydrogen-bond acceptors (Lipinski definition) is 5. The van der Waals surface area contributed by atoms with E-state index in [0.717, 1.165) is 36.1 Å². The normalized spacial score (nSPS) is 12.8. The lowest BCUT2D eigenvalue weighted by molar-refractivity contribution is -0.119. The van der Waals surface area contributed by atoms with Gasteiger partial charge in [-0.15, -0.1) is 11.3 Å². The lowest BCUT2D eigenvalue weighted by Gasteiger charge is -2.09. The number of thiophene rings is 1. The molecule has 1 N–H and O–H groups in total. The quantitative estimate of drug-likeness (QED) is 0.822. The molecule has 3 rings (SSSR count). The molecule has 0 aliphatic heterocycles. The topological polar surface area (TPSA) is 79.2 Å². The van der Waals surface area contributed by atoms with Crippen molar-refractivity contribution in [3.8, 4) is 6.07 Å². The van der Waals surface area contributed by atoms with Crippen LogP contribution >= 0.6 is 22.9 Å². The Balaban J connectivity index is 1.61. The molecule has 0 unspecified atom stereocenters. The van der Waals surface area contributed by atoms with E-state index in [4.69, 9.17) is 16.3 Å². The zero-order valence-electron chi connectivity index (χ0n) is 13.3. The van der Waals surface area contributed by atoms with Crippen LogP contribution in [0.4, 0.5) is 5.00 Å². The number of amides is 1. The average Bonchev–Trinajstić information content (AvgIpc) is 2.97. The minimum Gasteiger partial charge on any atom is -0.452 e. The highest BCUT2D eigenvalue weighted by atomic mass is 35.5. The molecule has 25 heavy (non-hydrogen) atoms. The fourth-order valence-corrected chi connectivity index (χ4v) is 4.12. The number of benzene rings is 1. The number of halogens is 1. The number of carbonyl (C=O) groups is 2. The molecule has 1 aromatic carbocycles. The van der Waals surface area contributed by atoms with Crippen molar-refractivity contribution < 1.29 is 14.3 Å². The van der Waals surface area contributed by atoms with Crippen LogP contribution in [-0.2, 0) is 22.4 Å². The summed E-state index contributed by atoms with van der Waals surface area (Å²) in [6, 6.07) is 8.40. The van der Waals surface area contributed by atoms with Gasteiger partial charge in [0.1, 0.15) is 11.1 Å². The molecule has 1 aliphatic carbocycles. The Hall–Kier alpha value is -2.36. The van der Waals surface area contributed by atoms with E-state index in [0.29, 0.717) is 21.2 Å². The fraction of sp³-hybridized carbons (Fsp3) is 0.278. The number of nitrogens with zero attached hydrogens (tertiary/aromatic N) is 1. The largest absolute Gasteiger partial charge is 0.452 e. The van der Waals surface area contributed by atoms with Gasteiger partial charge in [0.25, 0.3) is 5.91 Å². The van der Waals surface area contributed by atoms with Gasteiger partial charge in [0.2, 0.25) is 0 Å². The van der Waals surface area contributed by atoms with Gasteiger partial charge in [-0.05, 0) is 55.5 Å². The maximum atomic E-state index is 12.1. The summed E-state index contributed by atoms with van der Waals surface area (Å²) in [7, 11) is 0. The summed E-state index contributed by atoms with van der Waals surface area (Å²) in [5.41, 5.74) is 1.91. The third kappa shape index (κ3) is 4.01. The van der Waals surface area contributed by atoms with Crippen molar-refractivity contribution in [1.29, 1.82) is 5.26 Å². The monoisotopic (exact) mass is 374 g/mol. The molecular weight excluding hydrogens is 360 g/mol. The Labute approximate surface area is 154 Å². The third-order valence-electron chi connectivity index (χ3n) is 3.95. The molecule has 2 aromatic rings. The molecule has 0 saturated heterocycles. The molecule has 0 atom stereocenters. The molecule has 1 aromatic heterocycles. The number of esters is 1. The number of aryl methyl sites for hydroxylation is 1. The average molecular weight is 375 g/mol. The van der Waals surface area contributed by atoms with Gasteiger partial charge in [0.05, 0.1) is 11.1 Å². The van der Waals surface area contributed by atoms with E-state index in [-0.39, 0.29) is 0 Å². The van der Waals surface area contributed by atoms with Crippen LogP contribution in [0.15, 0.2) is 24.3 Å². The molecule has 0 saturated carbocycles. The Morgan fingerprint density at radius 3 is 2.68 bits per heavy atom. The summed E-state index contributed by atoms with van der Waals surface area (Å²) in [6.07, 6.45) is 3.97. The number of nitrogens with one attached hydrogen (secondary N) is 1. The number of rotatable bonds is 4. The Morgan fingerprint density at radius 2 is 1.96 bits per heavy atom. The first-order chi connectivity index (χ1) is 12.1. The molecule has 0 bridgehead atoms. The van der Waals surface area contributed by atoms with Crippen molar-refractivity contribution in [1.82, 2.24) is 0 Å². The van der Waals surface area contributed by atoms with Crippen LogP contribution in [0, 0.1) is 11.3 Å². The molecule has 0 fully saturated rings. The first kappa shape index (κ1) is 17.5. The smallest absolute Gasteiger partial charge is 0.338 e. The van der Waals surface area contributed by atoms with Crippen LogP contribution in [0.25, 0.3) is 0 Å². The molecule has 0 spiro atoms. The lowest BCUT2D eigenvalue weighted by Crippen LogP contribution is -2.20. The number of ether oxygens (including phenoxy) is 1. The number of carbonyl (C=O) groups excluding carboxylic acids is 2. The number of fused-ring (bicyclic) bond motifs is 1. The minimum absolute atomic E-state index is 0.321. The summed E-state index contributed by atoms with van der Waals surface area (Å²) in [6.45, 7) is -0.408. The van der Waals surface area contributed by atoms with E-state index in [9.17, 15) is 14.9 Å². The Kier molecular flexibility index (Phi) is 5.37. The van der Waals surface area contributed by atoms with Crippen LogP contribution in [0.1, 0.15) is 39.2 Å². The van der Waals surface area contributed by atoms with E-state index in [2.05, 4.69) is 11.4 Å². The zero-order valence-corrected chi connectivity index (χ0v) is 14.9. The molecule has 1 heterocycles. The second kappa shape index (κ2) is 7.68. The van der Waals surface area contributed by atoms with Crippen LogP contribution in [0.3, 0.4) is 0 Å². The summed E-state index contributed by atoms with van der Waals surface area (Å²) >= 11 is 7.20. The van der Waals surface area contributed by atoms with Crippen molar-refractivity contribution in [2.24, 2.45) is 0 Å². The van der Waals surface area contributed by atoms with Crippen LogP contribution in [-0.4, -0.2) is 18.5 Å². The third-order valence-corrected chi connectivity index (χ3v) is 5.41. The second-order valence-electron chi connectivity index (χ2n) is 5.66. The van der Waals surface area contributed by atoms with Crippen molar-refractivity contribution in [2.45, 2.75) is 25.7 Å². The fourth-order valence-electron chi connectivity index (χ4n) is 2.74. The number of hydrogen-bond donors (Lipinski definition) is 1. The van der Waals surface area contributed by atoms with Gasteiger partial charge in [-0.1, -0.05) is 11.6 Å². The summed E-state index contributed by atoms with van der Waals surface area (Å²) < 4.78 is 5.01. The maximum absolute atomic E-state index is 12.1. The summed E-state index contributed by atoms with van der Waals surface area (Å²) in [5, 5.41) is 13.1. The van der Waals surface area contributed by atoms with Crippen LogP contribution in [0.5, 0.6) is 0 Å². The standard InChI is InChI=1S/C18H15ClN2O3S/c19-12-7-5-11(6-8-12)18(23)24-10-16(22)21-17-14(9-20)13-3-1-2-4-15(13)25-17/h5-8H,1-4,10H2,(H,21,22). The van der Waals surface area contributed by atoms with Crippen molar-refractivity contribution in [3.63, 3.8) is 0 Å². The van der Waals surface area contributed by atoms with Crippen molar-refractivity contribution >= 4 is 39.8 Å². The molecule has 7 heteroatoms. The van der Waals surface area contributed by atoms with E-state index < -0.39 is 18.5 Å². The van der Waals surface area contributed by atoms with E-state index >= 15 is 0 Å². The number of anilines is 1. The van der Waals surface area contributed by atoms with Gasteiger partial charge >= 0.3 is 5.97 Å². The summed E-state index contributed by atoms with van der Waals surface area (Å²) in [4.78, 5) is 25.1. The predicted octanol–water partition coefficient (Wildman–Crippen LogP) is 3.95. The van der Waals surface area contributed by atoms with Crippen molar-refractivity contribution in [3.05, 3.63) is 50.9 Å². The zero-order chi connectivity index (χ0) is 17.8. The maximum Gasteiger partial charge on any atom is 0.338 e. The van der Waals surface area contributed by atoms with Gasteiger partial charge in [-0.3, -0.25) is 4.79 Å². The molecule has 5 nitrogen and oxygen atoms in total. The Morgan fingerprint density at radius 1 is 1.24 bits per heavy atom. The Bertz CT molecular complexity index is 852.